The van der Waals surface area contributed by atoms with Crippen molar-refractivity contribution in [1.82, 2.24) is 10.3 Å². The van der Waals surface area contributed by atoms with Crippen molar-refractivity contribution >= 4 is 23.3 Å². The Hall–Kier alpha value is -3.90. The highest BCUT2D eigenvalue weighted by Gasteiger charge is 2.06. The van der Waals surface area contributed by atoms with Crippen LogP contribution in [0.4, 0.5) is 0 Å². The monoisotopic (exact) mass is 470 g/mol. The first-order valence-electron chi connectivity index (χ1n) is 11.0. The number of hydrogen-bond donors (Lipinski definition) is 1. The summed E-state index contributed by atoms with van der Waals surface area (Å²) in [7, 11) is 1.65. The van der Waals surface area contributed by atoms with Gasteiger partial charge in [-0.05, 0) is 53.6 Å². The summed E-state index contributed by atoms with van der Waals surface area (Å²) in [5.41, 5.74) is 4.04. The van der Waals surface area contributed by atoms with Crippen molar-refractivity contribution in [3.8, 4) is 22.8 Å². The van der Waals surface area contributed by atoms with E-state index in [1.165, 1.54) is 0 Å². The van der Waals surface area contributed by atoms with Crippen LogP contribution in [0.5, 0.6) is 11.5 Å². The zero-order valence-electron chi connectivity index (χ0n) is 18.9. The fourth-order valence-electron chi connectivity index (χ4n) is 3.26. The number of rotatable bonds is 10. The lowest BCUT2D eigenvalue weighted by Gasteiger charge is -2.06. The van der Waals surface area contributed by atoms with Gasteiger partial charge in [-0.2, -0.15) is 0 Å². The van der Waals surface area contributed by atoms with Gasteiger partial charge in [0.2, 0.25) is 5.91 Å². The Labute approximate surface area is 203 Å². The fraction of sp³-hybridized carbons (Fsp3) is 0.143. The van der Waals surface area contributed by atoms with Crippen LogP contribution in [0, 0.1) is 0 Å². The molecule has 0 aliphatic rings. The van der Waals surface area contributed by atoms with Gasteiger partial charge in [0.1, 0.15) is 18.1 Å². The molecule has 6 heteroatoms. The molecule has 1 aromatic heterocycles. The summed E-state index contributed by atoms with van der Waals surface area (Å²) < 4.78 is 11.0. The van der Waals surface area contributed by atoms with Gasteiger partial charge in [0.25, 0.3) is 0 Å². The number of methoxy groups -OCH3 is 1. The van der Waals surface area contributed by atoms with E-state index in [4.69, 9.17) is 9.47 Å². The first-order chi connectivity index (χ1) is 16.7. The number of benzene rings is 3. The van der Waals surface area contributed by atoms with Crippen molar-refractivity contribution < 1.29 is 14.3 Å². The van der Waals surface area contributed by atoms with E-state index in [0.717, 1.165) is 38.9 Å². The molecular weight excluding hydrogens is 444 g/mol. The molecule has 0 fully saturated rings. The molecule has 4 rings (SSSR count). The first kappa shape index (κ1) is 23.3. The number of carbonyl (C=O) groups excluding carboxylic acids is 1. The summed E-state index contributed by atoms with van der Waals surface area (Å²) in [5.74, 6) is 1.49. The smallest absolute Gasteiger partial charge is 0.244 e. The summed E-state index contributed by atoms with van der Waals surface area (Å²) in [4.78, 5) is 16.8. The maximum Gasteiger partial charge on any atom is 0.244 e. The summed E-state index contributed by atoms with van der Waals surface area (Å²) in [6.07, 6.45) is 4.03. The van der Waals surface area contributed by atoms with Gasteiger partial charge < -0.3 is 14.8 Å². The molecule has 0 bridgehead atoms. The zero-order chi connectivity index (χ0) is 23.6. The number of carbonyl (C=O) groups is 1. The maximum atomic E-state index is 12.2. The van der Waals surface area contributed by atoms with Crippen LogP contribution in [0.15, 0.2) is 90.3 Å². The van der Waals surface area contributed by atoms with Gasteiger partial charge in [-0.1, -0.05) is 42.5 Å². The normalized spacial score (nSPS) is 10.9. The van der Waals surface area contributed by atoms with Gasteiger partial charge in [-0.15, -0.1) is 11.3 Å². The number of ether oxygens (including phenoxy) is 2. The lowest BCUT2D eigenvalue weighted by molar-refractivity contribution is -0.116. The van der Waals surface area contributed by atoms with Crippen LogP contribution in [-0.2, 0) is 17.8 Å². The van der Waals surface area contributed by atoms with Crippen LogP contribution in [-0.4, -0.2) is 24.5 Å². The molecule has 1 heterocycles. The van der Waals surface area contributed by atoms with Gasteiger partial charge in [0.15, 0.2) is 0 Å². The quantitative estimate of drug-likeness (QED) is 0.299. The molecule has 5 nitrogen and oxygen atoms in total. The van der Waals surface area contributed by atoms with Gasteiger partial charge in [-0.25, -0.2) is 4.98 Å². The summed E-state index contributed by atoms with van der Waals surface area (Å²) in [5, 5.41) is 5.94. The molecule has 34 heavy (non-hydrogen) atoms. The molecule has 1 amide bonds. The second-order valence-electron chi connectivity index (χ2n) is 7.57. The topological polar surface area (TPSA) is 60.5 Å². The Balaban J connectivity index is 1.20. The second-order valence-corrected chi connectivity index (χ2v) is 8.52. The Morgan fingerprint density at radius 1 is 0.971 bits per heavy atom. The molecule has 0 aliphatic heterocycles. The van der Waals surface area contributed by atoms with E-state index in [9.17, 15) is 4.79 Å². The molecule has 0 atom stereocenters. The number of nitrogens with one attached hydrogen (secondary N) is 1. The third-order valence-corrected chi connectivity index (χ3v) is 6.04. The molecule has 0 saturated heterocycles. The third-order valence-electron chi connectivity index (χ3n) is 5.13. The van der Waals surface area contributed by atoms with Crippen LogP contribution in [0.2, 0.25) is 0 Å². The SMILES string of the molecule is COc1ccc(-c2csc(CCNC(=O)/C=C/c3ccc(OCc4ccccc4)cc3)n2)cc1. The molecular formula is C28H26N2O3S. The van der Waals surface area contributed by atoms with E-state index >= 15 is 0 Å². The van der Waals surface area contributed by atoms with Crippen molar-refractivity contribution in [2.45, 2.75) is 13.0 Å². The van der Waals surface area contributed by atoms with Crippen LogP contribution >= 0.6 is 11.3 Å². The van der Waals surface area contributed by atoms with Crippen molar-refractivity contribution in [1.29, 1.82) is 0 Å². The fourth-order valence-corrected chi connectivity index (χ4v) is 4.07. The van der Waals surface area contributed by atoms with Crippen LogP contribution in [0.25, 0.3) is 17.3 Å². The first-order valence-corrected chi connectivity index (χ1v) is 11.9. The summed E-state index contributed by atoms with van der Waals surface area (Å²) in [6, 6.07) is 25.5. The highest BCUT2D eigenvalue weighted by atomic mass is 32.1. The van der Waals surface area contributed by atoms with Gasteiger partial charge >= 0.3 is 0 Å². The minimum absolute atomic E-state index is 0.128. The van der Waals surface area contributed by atoms with E-state index in [1.54, 1.807) is 30.6 Å². The standard InChI is InChI=1S/C28H26N2O3S/c1-32-24-14-10-23(11-15-24)26-20-34-28(30-26)17-18-29-27(31)16-9-21-7-12-25(13-8-21)33-19-22-5-3-2-4-6-22/h2-16,20H,17-19H2,1H3,(H,29,31)/b16-9+. The number of hydrogen-bond acceptors (Lipinski definition) is 5. The molecule has 4 aromatic rings. The second kappa shape index (κ2) is 11.8. The van der Waals surface area contributed by atoms with Gasteiger partial charge in [0.05, 0.1) is 17.8 Å². The number of amides is 1. The van der Waals surface area contributed by atoms with Crippen molar-refractivity contribution in [2.24, 2.45) is 0 Å². The van der Waals surface area contributed by atoms with Gasteiger partial charge in [-0.3, -0.25) is 4.79 Å². The molecule has 1 N–H and O–H groups in total. The molecule has 3 aromatic carbocycles. The Morgan fingerprint density at radius 3 is 2.44 bits per heavy atom. The maximum absolute atomic E-state index is 12.2. The van der Waals surface area contributed by atoms with Crippen LogP contribution in [0.1, 0.15) is 16.1 Å². The van der Waals surface area contributed by atoms with E-state index in [1.807, 2.05) is 84.2 Å². The average molecular weight is 471 g/mol. The summed E-state index contributed by atoms with van der Waals surface area (Å²) in [6.45, 7) is 1.06. The molecule has 0 aliphatic carbocycles. The van der Waals surface area contributed by atoms with Crippen LogP contribution < -0.4 is 14.8 Å². The molecule has 0 saturated carbocycles. The van der Waals surface area contributed by atoms with E-state index in [-0.39, 0.29) is 5.91 Å². The minimum Gasteiger partial charge on any atom is -0.497 e. The number of thiazole rings is 1. The Kier molecular flexibility index (Phi) is 8.08. The lowest BCUT2D eigenvalue weighted by Crippen LogP contribution is -2.23. The largest absolute Gasteiger partial charge is 0.497 e. The molecule has 0 unspecified atom stereocenters. The van der Waals surface area contributed by atoms with Gasteiger partial charge in [0, 0.05) is 30.0 Å². The number of aromatic nitrogens is 1. The molecule has 172 valence electrons. The van der Waals surface area contributed by atoms with Crippen molar-refractivity contribution in [3.05, 3.63) is 106 Å². The third kappa shape index (κ3) is 6.80. The summed E-state index contributed by atoms with van der Waals surface area (Å²) >= 11 is 1.60. The lowest BCUT2D eigenvalue weighted by atomic mass is 10.2. The number of nitrogens with zero attached hydrogens (tertiary/aromatic N) is 1. The van der Waals surface area contributed by atoms with E-state index in [0.29, 0.717) is 19.6 Å². The Bertz CT molecular complexity index is 1220. The highest BCUT2D eigenvalue weighted by Crippen LogP contribution is 2.24. The van der Waals surface area contributed by atoms with E-state index in [2.05, 4.69) is 10.3 Å². The zero-order valence-corrected chi connectivity index (χ0v) is 19.8. The van der Waals surface area contributed by atoms with Crippen LogP contribution in [0.3, 0.4) is 0 Å². The average Bonchev–Trinajstić information content (AvgIpc) is 3.36. The van der Waals surface area contributed by atoms with E-state index < -0.39 is 0 Å². The Morgan fingerprint density at radius 2 is 1.71 bits per heavy atom. The van der Waals surface area contributed by atoms with Crippen molar-refractivity contribution in [2.75, 3.05) is 13.7 Å². The minimum atomic E-state index is -0.128. The highest BCUT2D eigenvalue weighted by molar-refractivity contribution is 7.09. The molecule has 0 spiro atoms. The van der Waals surface area contributed by atoms with Crippen molar-refractivity contribution in [3.63, 3.8) is 0 Å². The predicted octanol–water partition coefficient (Wildman–Crippen LogP) is 5.77. The molecule has 0 radical (unpaired) electrons. The predicted molar refractivity (Wildman–Crippen MR) is 137 cm³/mol.